The van der Waals surface area contributed by atoms with E-state index >= 15 is 0 Å². The standard InChI is InChI=1S/C18H17N3/c1-21(15-9-10-15)16-7-4-6-13(11-16)18-19-12-14-5-2-3-8-17(14)20-18/h2-8,11-12,15H,9-10H2,1H3. The van der Waals surface area contributed by atoms with Gasteiger partial charge in [0.15, 0.2) is 5.82 Å². The van der Waals surface area contributed by atoms with Gasteiger partial charge in [-0.15, -0.1) is 0 Å². The summed E-state index contributed by atoms with van der Waals surface area (Å²) in [6.45, 7) is 0. The van der Waals surface area contributed by atoms with E-state index in [9.17, 15) is 0 Å². The molecule has 1 heterocycles. The van der Waals surface area contributed by atoms with Crippen LogP contribution in [0, 0.1) is 0 Å². The SMILES string of the molecule is CN(c1cccc(-c2ncc3ccccc3n2)c1)C1CC1. The number of anilines is 1. The van der Waals surface area contributed by atoms with Crippen molar-refractivity contribution in [2.45, 2.75) is 18.9 Å². The number of aromatic nitrogens is 2. The largest absolute Gasteiger partial charge is 0.372 e. The molecular weight excluding hydrogens is 258 g/mol. The highest BCUT2D eigenvalue weighted by atomic mass is 15.2. The smallest absolute Gasteiger partial charge is 0.159 e. The van der Waals surface area contributed by atoms with Gasteiger partial charge in [0, 0.05) is 35.9 Å². The molecule has 0 atom stereocenters. The summed E-state index contributed by atoms with van der Waals surface area (Å²) >= 11 is 0. The van der Waals surface area contributed by atoms with E-state index in [0.717, 1.165) is 22.3 Å². The minimum Gasteiger partial charge on any atom is -0.372 e. The Hall–Kier alpha value is -2.42. The van der Waals surface area contributed by atoms with Gasteiger partial charge in [-0.25, -0.2) is 9.97 Å². The zero-order chi connectivity index (χ0) is 14.2. The van der Waals surface area contributed by atoms with Crippen molar-refractivity contribution in [1.29, 1.82) is 0 Å². The van der Waals surface area contributed by atoms with Crippen LogP contribution in [-0.4, -0.2) is 23.1 Å². The first-order valence-corrected chi connectivity index (χ1v) is 7.36. The topological polar surface area (TPSA) is 29.0 Å². The summed E-state index contributed by atoms with van der Waals surface area (Å²) in [5.74, 6) is 0.791. The van der Waals surface area contributed by atoms with Crippen molar-refractivity contribution >= 4 is 16.6 Å². The fourth-order valence-electron chi connectivity index (χ4n) is 2.65. The maximum absolute atomic E-state index is 4.68. The molecule has 104 valence electrons. The average molecular weight is 275 g/mol. The predicted octanol–water partition coefficient (Wildman–Crippen LogP) is 3.90. The lowest BCUT2D eigenvalue weighted by Crippen LogP contribution is -2.19. The normalized spacial score (nSPS) is 14.3. The van der Waals surface area contributed by atoms with E-state index in [1.807, 2.05) is 30.5 Å². The van der Waals surface area contributed by atoms with Crippen molar-refractivity contribution in [2.24, 2.45) is 0 Å². The van der Waals surface area contributed by atoms with E-state index < -0.39 is 0 Å². The van der Waals surface area contributed by atoms with Gasteiger partial charge in [-0.05, 0) is 31.0 Å². The van der Waals surface area contributed by atoms with Gasteiger partial charge in [0.05, 0.1) is 5.52 Å². The van der Waals surface area contributed by atoms with Gasteiger partial charge >= 0.3 is 0 Å². The van der Waals surface area contributed by atoms with E-state index in [1.54, 1.807) is 0 Å². The Kier molecular flexibility index (Phi) is 2.85. The van der Waals surface area contributed by atoms with E-state index in [0.29, 0.717) is 6.04 Å². The summed E-state index contributed by atoms with van der Waals surface area (Å²) in [6.07, 6.45) is 4.50. The molecule has 0 radical (unpaired) electrons. The monoisotopic (exact) mass is 275 g/mol. The number of fused-ring (bicyclic) bond motifs is 1. The van der Waals surface area contributed by atoms with Crippen LogP contribution in [-0.2, 0) is 0 Å². The van der Waals surface area contributed by atoms with Crippen LogP contribution in [0.5, 0.6) is 0 Å². The Morgan fingerprint density at radius 3 is 2.76 bits per heavy atom. The van der Waals surface area contributed by atoms with Crippen molar-refractivity contribution in [3.63, 3.8) is 0 Å². The first kappa shape index (κ1) is 12.3. The summed E-state index contributed by atoms with van der Waals surface area (Å²) in [6, 6.07) is 17.3. The number of para-hydroxylation sites is 1. The van der Waals surface area contributed by atoms with Gasteiger partial charge in [0.25, 0.3) is 0 Å². The lowest BCUT2D eigenvalue weighted by atomic mass is 10.1. The summed E-state index contributed by atoms with van der Waals surface area (Å²) in [4.78, 5) is 11.5. The van der Waals surface area contributed by atoms with Crippen molar-refractivity contribution in [1.82, 2.24) is 9.97 Å². The molecule has 3 aromatic rings. The zero-order valence-electron chi connectivity index (χ0n) is 12.0. The molecule has 21 heavy (non-hydrogen) atoms. The van der Waals surface area contributed by atoms with E-state index in [-0.39, 0.29) is 0 Å². The van der Waals surface area contributed by atoms with Gasteiger partial charge in [-0.3, -0.25) is 0 Å². The molecule has 2 aromatic carbocycles. The lowest BCUT2D eigenvalue weighted by Gasteiger charge is -2.19. The first-order valence-electron chi connectivity index (χ1n) is 7.36. The fourth-order valence-corrected chi connectivity index (χ4v) is 2.65. The second-order valence-electron chi connectivity index (χ2n) is 5.64. The van der Waals surface area contributed by atoms with Crippen LogP contribution in [0.25, 0.3) is 22.3 Å². The Morgan fingerprint density at radius 1 is 1.05 bits per heavy atom. The molecule has 0 saturated heterocycles. The maximum Gasteiger partial charge on any atom is 0.159 e. The van der Waals surface area contributed by atoms with Crippen LogP contribution in [0.2, 0.25) is 0 Å². The highest BCUT2D eigenvalue weighted by Gasteiger charge is 2.26. The van der Waals surface area contributed by atoms with Crippen LogP contribution in [0.1, 0.15) is 12.8 Å². The molecular formula is C18H17N3. The van der Waals surface area contributed by atoms with E-state index in [2.05, 4.69) is 46.2 Å². The maximum atomic E-state index is 4.68. The number of benzene rings is 2. The number of hydrogen-bond donors (Lipinski definition) is 0. The number of hydrogen-bond acceptors (Lipinski definition) is 3. The molecule has 0 aliphatic heterocycles. The molecule has 4 rings (SSSR count). The molecule has 0 bridgehead atoms. The van der Waals surface area contributed by atoms with Crippen LogP contribution in [0.3, 0.4) is 0 Å². The van der Waals surface area contributed by atoms with Gasteiger partial charge < -0.3 is 4.90 Å². The van der Waals surface area contributed by atoms with Gasteiger partial charge in [-0.2, -0.15) is 0 Å². The highest BCUT2D eigenvalue weighted by molar-refractivity contribution is 5.79. The number of nitrogens with zero attached hydrogens (tertiary/aromatic N) is 3. The highest BCUT2D eigenvalue weighted by Crippen LogP contribution is 2.31. The third-order valence-electron chi connectivity index (χ3n) is 4.10. The molecule has 0 unspecified atom stereocenters. The molecule has 1 saturated carbocycles. The minimum atomic E-state index is 0.706. The van der Waals surface area contributed by atoms with E-state index in [4.69, 9.17) is 0 Å². The molecule has 0 N–H and O–H groups in total. The van der Waals surface area contributed by atoms with Crippen molar-refractivity contribution in [3.8, 4) is 11.4 Å². The molecule has 3 heteroatoms. The summed E-state index contributed by atoms with van der Waals surface area (Å²) < 4.78 is 0. The summed E-state index contributed by atoms with van der Waals surface area (Å²) in [5, 5.41) is 1.08. The van der Waals surface area contributed by atoms with Crippen LogP contribution >= 0.6 is 0 Å². The zero-order valence-corrected chi connectivity index (χ0v) is 12.0. The van der Waals surface area contributed by atoms with Crippen molar-refractivity contribution in [3.05, 3.63) is 54.7 Å². The third kappa shape index (κ3) is 2.35. The number of rotatable bonds is 3. The molecule has 1 fully saturated rings. The lowest BCUT2D eigenvalue weighted by molar-refractivity contribution is 0.917. The van der Waals surface area contributed by atoms with Crippen LogP contribution in [0.4, 0.5) is 5.69 Å². The molecule has 1 aliphatic carbocycles. The van der Waals surface area contributed by atoms with Gasteiger partial charge in [-0.1, -0.05) is 30.3 Å². The molecule has 3 nitrogen and oxygen atoms in total. The predicted molar refractivity (Wildman–Crippen MR) is 86.4 cm³/mol. The first-order chi connectivity index (χ1) is 10.3. The summed E-state index contributed by atoms with van der Waals surface area (Å²) in [5.41, 5.74) is 3.31. The minimum absolute atomic E-state index is 0.706. The Bertz CT molecular complexity index is 793. The fraction of sp³-hybridized carbons (Fsp3) is 0.222. The molecule has 0 spiro atoms. The second kappa shape index (κ2) is 4.85. The molecule has 1 aliphatic rings. The summed E-state index contributed by atoms with van der Waals surface area (Å²) in [7, 11) is 2.16. The Balaban J connectivity index is 1.75. The van der Waals surface area contributed by atoms with Gasteiger partial charge in [0.2, 0.25) is 0 Å². The van der Waals surface area contributed by atoms with Crippen LogP contribution in [0.15, 0.2) is 54.7 Å². The van der Waals surface area contributed by atoms with Crippen molar-refractivity contribution < 1.29 is 0 Å². The second-order valence-corrected chi connectivity index (χ2v) is 5.64. The third-order valence-corrected chi connectivity index (χ3v) is 4.10. The van der Waals surface area contributed by atoms with E-state index in [1.165, 1.54) is 18.5 Å². The quantitative estimate of drug-likeness (QED) is 0.726. The van der Waals surface area contributed by atoms with Crippen LogP contribution < -0.4 is 4.90 Å². The average Bonchev–Trinajstić information content (AvgIpc) is 3.39. The Labute approximate surface area is 124 Å². The van der Waals surface area contributed by atoms with Gasteiger partial charge in [0.1, 0.15) is 0 Å². The Morgan fingerprint density at radius 2 is 1.90 bits per heavy atom. The van der Waals surface area contributed by atoms with Crippen molar-refractivity contribution in [2.75, 3.05) is 11.9 Å². The molecule has 0 amide bonds. The molecule has 1 aromatic heterocycles.